The largest absolute Gasteiger partial charge is 0.370 e. The number of anilines is 1. The number of pyridine rings is 1. The van der Waals surface area contributed by atoms with Crippen LogP contribution in [0.3, 0.4) is 0 Å². The van der Waals surface area contributed by atoms with Gasteiger partial charge in [-0.3, -0.25) is 0 Å². The molecule has 0 bridgehead atoms. The molecule has 0 aromatic carbocycles. The Kier molecular flexibility index (Phi) is 8.89. The van der Waals surface area contributed by atoms with E-state index in [4.69, 9.17) is 0 Å². The van der Waals surface area contributed by atoms with Gasteiger partial charge in [0.05, 0.1) is 0 Å². The molecule has 0 radical (unpaired) electrons. The fourth-order valence-electron chi connectivity index (χ4n) is 2.11. The highest BCUT2D eigenvalue weighted by atomic mass is 79.9. The first-order valence-corrected chi connectivity index (χ1v) is 8.39. The van der Waals surface area contributed by atoms with Gasteiger partial charge < -0.3 is 5.32 Å². The molecule has 0 amide bonds. The molecule has 0 aliphatic carbocycles. The van der Waals surface area contributed by atoms with Gasteiger partial charge in [0.15, 0.2) is 0 Å². The molecule has 0 spiro atoms. The van der Waals surface area contributed by atoms with Crippen LogP contribution < -0.4 is 5.32 Å². The van der Waals surface area contributed by atoms with E-state index in [-0.39, 0.29) is 0 Å². The molecule has 0 saturated carbocycles. The summed E-state index contributed by atoms with van der Waals surface area (Å²) in [4.78, 5) is 4.35. The zero-order chi connectivity index (χ0) is 13.9. The van der Waals surface area contributed by atoms with Gasteiger partial charge in [0, 0.05) is 17.2 Å². The molecule has 19 heavy (non-hydrogen) atoms. The molecule has 1 rings (SSSR count). The first-order valence-electron chi connectivity index (χ1n) is 7.60. The van der Waals surface area contributed by atoms with E-state index in [1.54, 1.807) is 0 Å². The van der Waals surface area contributed by atoms with Gasteiger partial charge in [0.25, 0.3) is 0 Å². The number of aryl methyl sites for hydroxylation is 1. The van der Waals surface area contributed by atoms with E-state index in [9.17, 15) is 0 Å². The molecule has 1 aromatic rings. The van der Waals surface area contributed by atoms with Gasteiger partial charge in [-0.25, -0.2) is 4.98 Å². The van der Waals surface area contributed by atoms with Crippen LogP contribution in [0.4, 0.5) is 5.82 Å². The molecular formula is C16H27BrN2. The third-order valence-corrected chi connectivity index (χ3v) is 4.21. The Bertz CT molecular complexity index is 353. The van der Waals surface area contributed by atoms with Crippen molar-refractivity contribution in [1.29, 1.82) is 0 Å². The molecule has 1 heterocycles. The summed E-state index contributed by atoms with van der Waals surface area (Å²) in [5.41, 5.74) is 1.23. The van der Waals surface area contributed by atoms with Crippen LogP contribution in [0.25, 0.3) is 0 Å². The number of hydrogen-bond donors (Lipinski definition) is 1. The topological polar surface area (TPSA) is 24.9 Å². The lowest BCUT2D eigenvalue weighted by molar-refractivity contribution is 0.581. The lowest BCUT2D eigenvalue weighted by Gasteiger charge is -2.07. The molecule has 0 atom stereocenters. The second kappa shape index (κ2) is 10.2. The predicted octanol–water partition coefficient (Wildman–Crippen LogP) is 5.71. The van der Waals surface area contributed by atoms with Crippen LogP contribution >= 0.6 is 15.9 Å². The average molecular weight is 327 g/mol. The molecule has 1 N–H and O–H groups in total. The molecule has 0 aliphatic rings. The smallest absolute Gasteiger partial charge is 0.126 e. The van der Waals surface area contributed by atoms with Crippen LogP contribution in [-0.4, -0.2) is 11.5 Å². The summed E-state index contributed by atoms with van der Waals surface area (Å²) in [7, 11) is 0. The highest BCUT2D eigenvalue weighted by Gasteiger charge is 1.98. The number of nitrogens with zero attached hydrogens (tertiary/aromatic N) is 1. The summed E-state index contributed by atoms with van der Waals surface area (Å²) < 4.78 is 1.07. The Labute approximate surface area is 126 Å². The van der Waals surface area contributed by atoms with E-state index < -0.39 is 0 Å². The monoisotopic (exact) mass is 326 g/mol. The van der Waals surface area contributed by atoms with Crippen molar-refractivity contribution in [1.82, 2.24) is 4.98 Å². The maximum absolute atomic E-state index is 4.35. The number of halogens is 1. The number of hydrogen-bond acceptors (Lipinski definition) is 2. The molecule has 3 heteroatoms. The molecule has 0 saturated heterocycles. The molecule has 0 fully saturated rings. The summed E-state index contributed by atoms with van der Waals surface area (Å²) in [6, 6.07) is 2.09. The molecule has 108 valence electrons. The lowest BCUT2D eigenvalue weighted by atomic mass is 10.1. The zero-order valence-corrected chi connectivity index (χ0v) is 13.9. The summed E-state index contributed by atoms with van der Waals surface area (Å²) >= 11 is 3.47. The van der Waals surface area contributed by atoms with Crippen molar-refractivity contribution < 1.29 is 0 Å². The quantitative estimate of drug-likeness (QED) is 0.557. The van der Waals surface area contributed by atoms with Gasteiger partial charge in [-0.05, 0) is 40.9 Å². The highest BCUT2D eigenvalue weighted by molar-refractivity contribution is 9.10. The minimum atomic E-state index is 0.989. The maximum Gasteiger partial charge on any atom is 0.126 e. The van der Waals surface area contributed by atoms with Crippen molar-refractivity contribution in [2.75, 3.05) is 11.9 Å². The Morgan fingerprint density at radius 1 is 1.05 bits per heavy atom. The predicted molar refractivity (Wildman–Crippen MR) is 87.8 cm³/mol. The van der Waals surface area contributed by atoms with Crippen molar-refractivity contribution in [3.8, 4) is 0 Å². The molecule has 0 unspecified atom stereocenters. The molecule has 0 aliphatic heterocycles. The Morgan fingerprint density at radius 2 is 1.68 bits per heavy atom. The number of aromatic nitrogens is 1. The summed E-state index contributed by atoms with van der Waals surface area (Å²) in [6.45, 7) is 5.39. The van der Waals surface area contributed by atoms with Crippen LogP contribution in [0, 0.1) is 6.92 Å². The zero-order valence-electron chi connectivity index (χ0n) is 12.3. The van der Waals surface area contributed by atoms with E-state index in [0.717, 1.165) is 16.8 Å². The van der Waals surface area contributed by atoms with Crippen molar-refractivity contribution in [2.24, 2.45) is 0 Å². The lowest BCUT2D eigenvalue weighted by Crippen LogP contribution is -2.03. The van der Waals surface area contributed by atoms with Crippen LogP contribution in [0.5, 0.6) is 0 Å². The van der Waals surface area contributed by atoms with Crippen molar-refractivity contribution >= 4 is 21.7 Å². The minimum absolute atomic E-state index is 0.989. The summed E-state index contributed by atoms with van der Waals surface area (Å²) in [5.74, 6) is 0.989. The fourth-order valence-corrected chi connectivity index (χ4v) is 2.33. The molecule has 2 nitrogen and oxygen atoms in total. The van der Waals surface area contributed by atoms with E-state index in [2.05, 4.69) is 46.1 Å². The van der Waals surface area contributed by atoms with Gasteiger partial charge in [0.2, 0.25) is 0 Å². The van der Waals surface area contributed by atoms with Gasteiger partial charge in [-0.2, -0.15) is 0 Å². The first-order chi connectivity index (χ1) is 9.24. The van der Waals surface area contributed by atoms with Crippen LogP contribution in [0.15, 0.2) is 16.7 Å². The van der Waals surface area contributed by atoms with Crippen molar-refractivity contribution in [3.63, 3.8) is 0 Å². The summed E-state index contributed by atoms with van der Waals surface area (Å²) in [6.07, 6.45) is 12.8. The maximum atomic E-state index is 4.35. The van der Waals surface area contributed by atoms with Gasteiger partial charge in [-0.1, -0.05) is 51.9 Å². The Morgan fingerprint density at radius 3 is 2.32 bits per heavy atom. The molecule has 1 aromatic heterocycles. The second-order valence-electron chi connectivity index (χ2n) is 5.22. The van der Waals surface area contributed by atoms with E-state index >= 15 is 0 Å². The Hall–Kier alpha value is -0.570. The second-order valence-corrected chi connectivity index (χ2v) is 6.07. The van der Waals surface area contributed by atoms with Crippen LogP contribution in [-0.2, 0) is 0 Å². The third kappa shape index (κ3) is 7.56. The minimum Gasteiger partial charge on any atom is -0.370 e. The van der Waals surface area contributed by atoms with Crippen molar-refractivity contribution in [3.05, 3.63) is 22.3 Å². The fraction of sp³-hybridized carbons (Fsp3) is 0.688. The van der Waals surface area contributed by atoms with E-state index in [0.29, 0.717) is 0 Å². The Balaban J connectivity index is 2.00. The van der Waals surface area contributed by atoms with E-state index in [1.165, 1.54) is 56.9 Å². The van der Waals surface area contributed by atoms with Gasteiger partial charge in [0.1, 0.15) is 5.82 Å². The number of nitrogens with one attached hydrogen (secondary N) is 1. The van der Waals surface area contributed by atoms with Gasteiger partial charge in [-0.15, -0.1) is 0 Å². The van der Waals surface area contributed by atoms with E-state index in [1.807, 2.05) is 6.20 Å². The van der Waals surface area contributed by atoms with Crippen LogP contribution in [0.2, 0.25) is 0 Å². The SMILES string of the molecule is CCCCCCCCCCNc1cc(C)c(Br)cn1. The average Bonchev–Trinajstić information content (AvgIpc) is 2.41. The number of unbranched alkanes of at least 4 members (excludes halogenated alkanes) is 7. The number of rotatable bonds is 10. The molecular weight excluding hydrogens is 300 g/mol. The van der Waals surface area contributed by atoms with Crippen molar-refractivity contribution in [2.45, 2.75) is 65.2 Å². The first kappa shape index (κ1) is 16.5. The van der Waals surface area contributed by atoms with Crippen LogP contribution in [0.1, 0.15) is 63.9 Å². The highest BCUT2D eigenvalue weighted by Crippen LogP contribution is 2.17. The van der Waals surface area contributed by atoms with Gasteiger partial charge >= 0.3 is 0 Å². The third-order valence-electron chi connectivity index (χ3n) is 3.38. The summed E-state index contributed by atoms with van der Waals surface area (Å²) in [5, 5.41) is 3.39. The normalized spacial score (nSPS) is 10.7. The standard InChI is InChI=1S/C16H27BrN2/c1-3-4-5-6-7-8-9-10-11-18-16-12-14(2)15(17)13-19-16/h12-13H,3-11H2,1-2H3,(H,18,19).